The lowest BCUT2D eigenvalue weighted by atomic mass is 10.0. The van der Waals surface area contributed by atoms with Crippen molar-refractivity contribution in [2.45, 2.75) is 82.8 Å². The van der Waals surface area contributed by atoms with Crippen LogP contribution in [0.25, 0.3) is 0 Å². The summed E-state index contributed by atoms with van der Waals surface area (Å²) >= 11 is 0. The number of methoxy groups -OCH3 is 1. The second kappa shape index (κ2) is 18.2. The molecule has 0 aromatic heterocycles. The molecule has 0 unspecified atom stereocenters. The SMILES string of the molecule is CCCCCCCCC(=O)NCc1ccc(O)c(OC)c1.O=C[C@H](O)[C@@H](O)[C@H](O)[C@H](O)CO. The van der Waals surface area contributed by atoms with Gasteiger partial charge in [0.05, 0.1) is 13.7 Å². The molecule has 7 N–H and O–H groups in total. The van der Waals surface area contributed by atoms with E-state index in [1.54, 1.807) is 18.2 Å². The Labute approximate surface area is 194 Å². The molecule has 0 saturated heterocycles. The van der Waals surface area contributed by atoms with Gasteiger partial charge >= 0.3 is 0 Å². The van der Waals surface area contributed by atoms with Crippen molar-refractivity contribution in [1.29, 1.82) is 0 Å². The lowest BCUT2D eigenvalue weighted by molar-refractivity contribution is -0.136. The van der Waals surface area contributed by atoms with E-state index in [-0.39, 0.29) is 17.9 Å². The Kier molecular flexibility index (Phi) is 17.0. The summed E-state index contributed by atoms with van der Waals surface area (Å²) in [5.74, 6) is 0.620. The lowest BCUT2D eigenvalue weighted by Crippen LogP contribution is -2.46. The smallest absolute Gasteiger partial charge is 0.220 e. The number of nitrogens with one attached hydrogen (secondary N) is 1. The maximum Gasteiger partial charge on any atom is 0.220 e. The maximum atomic E-state index is 11.7. The number of amides is 1. The molecule has 0 aliphatic heterocycles. The molecular weight excluding hydrogens is 434 g/mol. The van der Waals surface area contributed by atoms with Crippen LogP contribution in [0.4, 0.5) is 0 Å². The second-order valence-corrected chi connectivity index (χ2v) is 7.66. The second-order valence-electron chi connectivity index (χ2n) is 7.66. The van der Waals surface area contributed by atoms with E-state index in [9.17, 15) is 14.7 Å². The van der Waals surface area contributed by atoms with Crippen molar-refractivity contribution in [2.75, 3.05) is 13.7 Å². The first kappa shape index (κ1) is 30.8. The van der Waals surface area contributed by atoms with Gasteiger partial charge in [0, 0.05) is 13.0 Å². The summed E-state index contributed by atoms with van der Waals surface area (Å²) in [6, 6.07) is 5.09. The van der Waals surface area contributed by atoms with Crippen LogP contribution in [0.2, 0.25) is 0 Å². The number of phenolic OH excluding ortho intramolecular Hbond substituents is 1. The van der Waals surface area contributed by atoms with Gasteiger partial charge in [-0.2, -0.15) is 0 Å². The number of aliphatic hydroxyl groups excluding tert-OH is 5. The van der Waals surface area contributed by atoms with Gasteiger partial charge in [-0.1, -0.05) is 45.1 Å². The summed E-state index contributed by atoms with van der Waals surface area (Å²) < 4.78 is 5.04. The third-order valence-corrected chi connectivity index (χ3v) is 4.91. The molecule has 1 aromatic rings. The topological polar surface area (TPSA) is 177 Å². The predicted octanol–water partition coefficient (Wildman–Crippen LogP) is 0.389. The van der Waals surface area contributed by atoms with Crippen LogP contribution in [0.1, 0.15) is 57.4 Å². The van der Waals surface area contributed by atoms with Crippen LogP contribution < -0.4 is 10.1 Å². The fraction of sp³-hybridized carbons (Fsp3) is 0.652. The highest BCUT2D eigenvalue weighted by Crippen LogP contribution is 2.26. The first-order valence-corrected chi connectivity index (χ1v) is 11.1. The van der Waals surface area contributed by atoms with E-state index in [1.807, 2.05) is 0 Å². The number of carbonyl (C=O) groups excluding carboxylic acids is 2. The number of aromatic hydroxyl groups is 1. The number of unbranched alkanes of at least 4 members (excludes halogenated alkanes) is 5. The van der Waals surface area contributed by atoms with Crippen molar-refractivity contribution in [3.63, 3.8) is 0 Å². The van der Waals surface area contributed by atoms with Gasteiger partial charge in [-0.3, -0.25) is 4.79 Å². The minimum atomic E-state index is -1.79. The van der Waals surface area contributed by atoms with Crippen molar-refractivity contribution in [1.82, 2.24) is 5.32 Å². The molecular formula is C23H39NO9. The first-order valence-electron chi connectivity index (χ1n) is 11.1. The summed E-state index contributed by atoms with van der Waals surface area (Å²) in [5.41, 5.74) is 0.918. The summed E-state index contributed by atoms with van der Waals surface area (Å²) in [6.07, 6.45) is 0.845. The molecule has 10 heteroatoms. The minimum Gasteiger partial charge on any atom is -0.504 e. The molecule has 0 aliphatic rings. The van der Waals surface area contributed by atoms with E-state index in [0.29, 0.717) is 18.7 Å². The zero-order valence-electron chi connectivity index (χ0n) is 19.4. The Morgan fingerprint density at radius 1 is 1.06 bits per heavy atom. The molecule has 0 radical (unpaired) electrons. The van der Waals surface area contributed by atoms with Crippen LogP contribution in [-0.4, -0.2) is 81.0 Å². The Bertz CT molecular complexity index is 671. The molecule has 1 rings (SSSR count). The highest BCUT2D eigenvalue weighted by molar-refractivity contribution is 5.75. The highest BCUT2D eigenvalue weighted by Gasteiger charge is 2.29. The average Bonchev–Trinajstić information content (AvgIpc) is 2.83. The van der Waals surface area contributed by atoms with Gasteiger partial charge in [0.15, 0.2) is 17.8 Å². The van der Waals surface area contributed by atoms with E-state index in [4.69, 9.17) is 30.3 Å². The molecule has 0 fully saturated rings. The molecule has 1 amide bonds. The van der Waals surface area contributed by atoms with Crippen molar-refractivity contribution in [3.05, 3.63) is 23.8 Å². The zero-order chi connectivity index (χ0) is 25.2. The third-order valence-electron chi connectivity index (χ3n) is 4.91. The fourth-order valence-corrected chi connectivity index (χ4v) is 2.81. The number of carbonyl (C=O) groups is 2. The Morgan fingerprint density at radius 3 is 2.27 bits per heavy atom. The van der Waals surface area contributed by atoms with Crippen LogP contribution in [0, 0.1) is 0 Å². The van der Waals surface area contributed by atoms with E-state index in [0.717, 1.165) is 18.4 Å². The number of ether oxygens (including phenoxy) is 1. The number of aliphatic hydroxyl groups is 5. The van der Waals surface area contributed by atoms with Gasteiger partial charge < -0.3 is 45.5 Å². The number of aldehydes is 1. The number of hydrogen-bond acceptors (Lipinski definition) is 9. The number of benzene rings is 1. The van der Waals surface area contributed by atoms with E-state index in [2.05, 4.69) is 12.2 Å². The Hall–Kier alpha value is -2.24. The van der Waals surface area contributed by atoms with Crippen LogP contribution >= 0.6 is 0 Å². The van der Waals surface area contributed by atoms with Gasteiger partial charge in [0.25, 0.3) is 0 Å². The quantitative estimate of drug-likeness (QED) is 0.140. The summed E-state index contributed by atoms with van der Waals surface area (Å²) in [6.45, 7) is 1.90. The predicted molar refractivity (Wildman–Crippen MR) is 122 cm³/mol. The van der Waals surface area contributed by atoms with E-state index in [1.165, 1.54) is 32.8 Å². The van der Waals surface area contributed by atoms with Crippen LogP contribution in [0.15, 0.2) is 18.2 Å². The molecule has 4 atom stereocenters. The van der Waals surface area contributed by atoms with Gasteiger partial charge in [-0.25, -0.2) is 0 Å². The Balaban J connectivity index is 0.000000728. The largest absolute Gasteiger partial charge is 0.504 e. The molecule has 10 nitrogen and oxygen atoms in total. The van der Waals surface area contributed by atoms with Crippen LogP contribution in [-0.2, 0) is 16.1 Å². The van der Waals surface area contributed by atoms with Crippen molar-refractivity contribution in [3.8, 4) is 11.5 Å². The molecule has 1 aromatic carbocycles. The molecule has 0 saturated carbocycles. The van der Waals surface area contributed by atoms with Crippen LogP contribution in [0.5, 0.6) is 11.5 Å². The molecule has 0 heterocycles. The van der Waals surface area contributed by atoms with Crippen molar-refractivity contribution < 1.29 is 45.0 Å². The standard InChI is InChI=1S/C17H27NO3.C6H12O6/c1-3-4-5-6-7-8-9-17(20)18-13-14-10-11-15(19)16(12-14)21-2;7-1-3(9)5(11)6(12)4(10)2-8/h10-12,19H,3-9,13H2,1-2H3,(H,18,20);1,3-6,8-12H,2H2/t;3-,4+,5+,6+/m.0/s1. The molecule has 0 bridgehead atoms. The number of phenols is 1. The molecule has 190 valence electrons. The fourth-order valence-electron chi connectivity index (χ4n) is 2.81. The zero-order valence-corrected chi connectivity index (χ0v) is 19.4. The van der Waals surface area contributed by atoms with Gasteiger partial charge in [0.1, 0.15) is 24.4 Å². The van der Waals surface area contributed by atoms with Gasteiger partial charge in [-0.15, -0.1) is 0 Å². The molecule has 33 heavy (non-hydrogen) atoms. The monoisotopic (exact) mass is 473 g/mol. The lowest BCUT2D eigenvalue weighted by Gasteiger charge is -2.22. The van der Waals surface area contributed by atoms with Crippen LogP contribution in [0.3, 0.4) is 0 Å². The summed E-state index contributed by atoms with van der Waals surface area (Å²) in [7, 11) is 1.51. The summed E-state index contributed by atoms with van der Waals surface area (Å²) in [4.78, 5) is 21.6. The first-order chi connectivity index (χ1) is 15.7. The van der Waals surface area contributed by atoms with E-state index < -0.39 is 31.0 Å². The highest BCUT2D eigenvalue weighted by atomic mass is 16.5. The molecule has 0 aliphatic carbocycles. The summed E-state index contributed by atoms with van der Waals surface area (Å²) in [5, 5.41) is 55.9. The minimum absolute atomic E-state index is 0.0258. The van der Waals surface area contributed by atoms with Crippen molar-refractivity contribution in [2.24, 2.45) is 0 Å². The third kappa shape index (κ3) is 13.2. The van der Waals surface area contributed by atoms with Gasteiger partial charge in [-0.05, 0) is 24.1 Å². The van der Waals surface area contributed by atoms with E-state index >= 15 is 0 Å². The van der Waals surface area contributed by atoms with Gasteiger partial charge in [0.2, 0.25) is 5.91 Å². The number of hydrogen-bond donors (Lipinski definition) is 7. The van der Waals surface area contributed by atoms with Crippen molar-refractivity contribution >= 4 is 12.2 Å². The normalized spacial score (nSPS) is 14.3. The molecule has 0 spiro atoms. The average molecular weight is 474 g/mol. The number of rotatable bonds is 15. The Morgan fingerprint density at radius 2 is 1.70 bits per heavy atom. The maximum absolute atomic E-state index is 11.7.